The van der Waals surface area contributed by atoms with Gasteiger partial charge in [-0.3, -0.25) is 33.9 Å². The summed E-state index contributed by atoms with van der Waals surface area (Å²) in [5.74, 6) is 1.44. The van der Waals surface area contributed by atoms with E-state index in [4.69, 9.17) is 75.3 Å². The van der Waals surface area contributed by atoms with Crippen LogP contribution in [0.5, 0.6) is 11.8 Å². The molecule has 0 bridgehead atoms. The highest BCUT2D eigenvalue weighted by atomic mass is 32.1. The summed E-state index contributed by atoms with van der Waals surface area (Å²) in [5, 5.41) is 1.09. The van der Waals surface area contributed by atoms with E-state index in [0.717, 1.165) is 67.3 Å². The first-order valence-corrected chi connectivity index (χ1v) is 29.2. The van der Waals surface area contributed by atoms with Crippen molar-refractivity contribution in [1.29, 1.82) is 0 Å². The molecule has 5 aliphatic heterocycles. The van der Waals surface area contributed by atoms with Gasteiger partial charge in [0.1, 0.15) is 16.6 Å². The van der Waals surface area contributed by atoms with E-state index in [1.54, 1.807) is 98.0 Å². The monoisotopic (exact) mass is 1220 g/mol. The van der Waals surface area contributed by atoms with Crippen molar-refractivity contribution in [3.63, 3.8) is 0 Å². The van der Waals surface area contributed by atoms with Crippen molar-refractivity contribution in [3.8, 4) is 11.8 Å². The number of aryl methyl sites for hydroxylation is 3. The molecule has 20 nitrogen and oxygen atoms in total. The highest BCUT2D eigenvalue weighted by Gasteiger charge is 2.53. The predicted molar refractivity (Wildman–Crippen MR) is 347 cm³/mol. The van der Waals surface area contributed by atoms with Gasteiger partial charge < -0.3 is 38.6 Å². The first-order valence-electron chi connectivity index (χ1n) is 27.9. The second-order valence-electron chi connectivity index (χ2n) is 22.9. The van der Waals surface area contributed by atoms with Crippen LogP contribution in [0.2, 0.25) is 0 Å². The molecule has 5 aliphatic rings. The summed E-state index contributed by atoms with van der Waals surface area (Å²) in [6, 6.07) is 26.1. The molecule has 446 valence electrons. The van der Waals surface area contributed by atoms with E-state index in [-0.39, 0.29) is 23.3 Å². The number of hydrogen-bond acceptors (Lipinski definition) is 13. The first-order chi connectivity index (χ1) is 41.4. The number of aromatic amines is 1. The van der Waals surface area contributed by atoms with Gasteiger partial charge in [0.05, 0.1) is 75.6 Å². The number of carbonyl (C=O) groups is 3. The maximum absolute atomic E-state index is 13.3. The van der Waals surface area contributed by atoms with Gasteiger partial charge in [-0.2, -0.15) is 0 Å². The fraction of sp³-hybridized carbons (Fsp3) is 0.344. The molecule has 8 heterocycles. The van der Waals surface area contributed by atoms with Gasteiger partial charge in [0.25, 0.3) is 17.7 Å². The molecule has 0 saturated carbocycles. The summed E-state index contributed by atoms with van der Waals surface area (Å²) in [5.41, 5.74) is 5.17. The molecule has 0 aliphatic carbocycles. The molecule has 2 unspecified atom stereocenters. The molecule has 6 aromatic rings. The molecule has 23 heteroatoms. The van der Waals surface area contributed by atoms with Crippen LogP contribution in [0, 0.1) is 52.3 Å². The number of amides is 3. The number of nitrogens with zero attached hydrogens (tertiary/aromatic N) is 11. The molecule has 3 amide bonds. The number of aromatic nitrogens is 3. The number of anilines is 6. The second-order valence-corrected chi connectivity index (χ2v) is 24.0. The van der Waals surface area contributed by atoms with Crippen molar-refractivity contribution < 1.29 is 33.3 Å². The average molecular weight is 1230 g/mol. The Morgan fingerprint density at radius 3 is 1.13 bits per heavy atom. The summed E-state index contributed by atoms with van der Waals surface area (Å²) >= 11 is 17.0. The SMILES string of the molecule is [C-]#[N+]c1ccc(N2C(=O)C(C)(C)N(c3ccc(=O)[nH]c3)C2=S)cc1C.[C-]#[N+]c1ccc(N2C(=O)C(C)(C)N(c3ccc(OCC4CCOC4)nc3)C2=S)cc1C.[C-]#[N+]c1ccc(N2C(=O)C(C)(C)N(c3ccc(OCC4CCOC4)nc3)C2=S)cc1C. The molecular formula is C64H64N12O8S3. The van der Waals surface area contributed by atoms with E-state index in [9.17, 15) is 19.2 Å². The molecule has 5 fully saturated rings. The third-order valence-electron chi connectivity index (χ3n) is 15.6. The van der Waals surface area contributed by atoms with Crippen LogP contribution < -0.4 is 44.4 Å². The molecule has 0 radical (unpaired) electrons. The maximum atomic E-state index is 13.3. The van der Waals surface area contributed by atoms with Crippen molar-refractivity contribution >= 4 is 121 Å². The molecule has 1 N–H and O–H groups in total. The van der Waals surface area contributed by atoms with Gasteiger partial charge in [0.2, 0.25) is 17.3 Å². The highest BCUT2D eigenvalue weighted by Crippen LogP contribution is 2.41. The highest BCUT2D eigenvalue weighted by molar-refractivity contribution is 7.81. The normalized spacial score (nSPS) is 19.1. The van der Waals surface area contributed by atoms with Gasteiger partial charge >= 0.3 is 0 Å². The third-order valence-corrected chi connectivity index (χ3v) is 16.7. The quantitative estimate of drug-likeness (QED) is 0.0902. The number of ether oxygens (including phenoxy) is 4. The molecule has 3 aromatic carbocycles. The lowest BCUT2D eigenvalue weighted by atomic mass is 10.0. The van der Waals surface area contributed by atoms with Crippen LogP contribution in [0.4, 0.5) is 51.2 Å². The first kappa shape index (κ1) is 62.5. The maximum Gasteiger partial charge on any atom is 0.259 e. The number of carbonyl (C=O) groups excluding carboxylic acids is 3. The molecule has 3 aromatic heterocycles. The average Bonchev–Trinajstić information content (AvgIpc) is 1.63. The molecule has 11 rings (SSSR count). The number of thiocarbonyl (C=S) groups is 3. The van der Waals surface area contributed by atoms with Crippen molar-refractivity contribution in [2.24, 2.45) is 11.8 Å². The summed E-state index contributed by atoms with van der Waals surface area (Å²) in [7, 11) is 0. The third kappa shape index (κ3) is 12.5. The Morgan fingerprint density at radius 1 is 0.517 bits per heavy atom. The molecule has 0 spiro atoms. The van der Waals surface area contributed by atoms with E-state index < -0.39 is 16.6 Å². The number of hydrogen-bond donors (Lipinski definition) is 1. The van der Waals surface area contributed by atoms with E-state index >= 15 is 0 Å². The molecule has 87 heavy (non-hydrogen) atoms. The van der Waals surface area contributed by atoms with Crippen LogP contribution in [0.3, 0.4) is 0 Å². The lowest BCUT2D eigenvalue weighted by Crippen LogP contribution is -2.44. The number of benzene rings is 3. The Labute approximate surface area is 521 Å². The smallest absolute Gasteiger partial charge is 0.259 e. The van der Waals surface area contributed by atoms with Crippen LogP contribution in [-0.2, 0) is 23.9 Å². The number of nitrogens with one attached hydrogen (secondary N) is 1. The summed E-state index contributed by atoms with van der Waals surface area (Å²) in [6.07, 6.45) is 6.91. The Balaban J connectivity index is 0.000000157. The second kappa shape index (κ2) is 25.5. The minimum atomic E-state index is -0.901. The van der Waals surface area contributed by atoms with Gasteiger partial charge in [-0.05, 0) is 183 Å². The topological polar surface area (TPSA) is 179 Å². The standard InChI is InChI=1S/2C23H24N4O3S.C18H16N4O2S/c2*1-15-11-17(5-7-19(15)24-4)26-21(28)23(2,3)27(22(26)31)18-6-8-20(25-12-18)30-14-16-9-10-29-13-16;1-11-9-12(5-7-14(11)19-4)21-16(24)18(2,3)22(17(21)25)13-6-8-15(23)20-10-13/h2*5-8,11-12,16H,9-10,13-14H2,1-3H3;5-10H,1-3H3,(H,20,23). The summed E-state index contributed by atoms with van der Waals surface area (Å²) in [4.78, 5) is 82.6. The van der Waals surface area contributed by atoms with Gasteiger partial charge in [0.15, 0.2) is 32.4 Å². The lowest BCUT2D eigenvalue weighted by molar-refractivity contribution is -0.121. The zero-order valence-corrected chi connectivity index (χ0v) is 52.1. The fourth-order valence-electron chi connectivity index (χ4n) is 10.6. The number of rotatable bonds is 12. The van der Waals surface area contributed by atoms with Gasteiger partial charge in [0, 0.05) is 66.5 Å². The molecular weight excluding hydrogens is 1160 g/mol. The van der Waals surface area contributed by atoms with Gasteiger partial charge in [-0.15, -0.1) is 0 Å². The van der Waals surface area contributed by atoms with Crippen LogP contribution in [0.15, 0.2) is 114 Å². The zero-order valence-electron chi connectivity index (χ0n) is 49.6. The van der Waals surface area contributed by atoms with Crippen molar-refractivity contribution in [1.82, 2.24) is 15.0 Å². The van der Waals surface area contributed by atoms with Crippen molar-refractivity contribution in [2.45, 2.75) is 91.8 Å². The van der Waals surface area contributed by atoms with E-state index in [2.05, 4.69) is 29.5 Å². The molecule has 2 atom stereocenters. The number of pyridine rings is 3. The van der Waals surface area contributed by atoms with E-state index in [1.165, 1.54) is 20.8 Å². The minimum Gasteiger partial charge on any atom is -0.477 e. The van der Waals surface area contributed by atoms with Crippen molar-refractivity contribution in [3.05, 3.63) is 171 Å². The minimum absolute atomic E-state index is 0.131. The van der Waals surface area contributed by atoms with E-state index in [0.29, 0.717) is 92.0 Å². The Morgan fingerprint density at radius 2 is 0.851 bits per heavy atom. The van der Waals surface area contributed by atoms with E-state index in [1.807, 2.05) is 82.5 Å². The fourth-order valence-corrected chi connectivity index (χ4v) is 12.2. The lowest BCUT2D eigenvalue weighted by Gasteiger charge is -2.29. The molecule has 5 saturated heterocycles. The predicted octanol–water partition coefficient (Wildman–Crippen LogP) is 11.7. The summed E-state index contributed by atoms with van der Waals surface area (Å²) in [6.45, 7) is 42.2. The van der Waals surface area contributed by atoms with Crippen LogP contribution in [0.25, 0.3) is 14.5 Å². The Bertz CT molecular complexity index is 3700. The number of H-pyrrole nitrogens is 1. The largest absolute Gasteiger partial charge is 0.477 e. The van der Waals surface area contributed by atoms with Crippen LogP contribution in [0.1, 0.15) is 71.1 Å². The van der Waals surface area contributed by atoms with Gasteiger partial charge in [-0.1, -0.05) is 18.2 Å². The zero-order chi connectivity index (χ0) is 62.7. The Kier molecular flexibility index (Phi) is 18.3. The Hall–Kier alpha value is -9.02. The van der Waals surface area contributed by atoms with Crippen LogP contribution >= 0.6 is 36.7 Å². The van der Waals surface area contributed by atoms with Crippen molar-refractivity contribution in [2.75, 3.05) is 69.0 Å². The van der Waals surface area contributed by atoms with Crippen LogP contribution in [-0.4, -0.2) is 104 Å². The summed E-state index contributed by atoms with van der Waals surface area (Å²) < 4.78 is 22.3. The van der Waals surface area contributed by atoms with Gasteiger partial charge in [-0.25, -0.2) is 24.5 Å².